The van der Waals surface area contributed by atoms with E-state index in [0.717, 1.165) is 11.1 Å². The highest BCUT2D eigenvalue weighted by Gasteiger charge is 2.05. The van der Waals surface area contributed by atoms with Crippen LogP contribution in [-0.4, -0.2) is 26.1 Å². The second kappa shape index (κ2) is 6.48. The molecule has 0 saturated carbocycles. The molecule has 0 spiro atoms. The number of aliphatic imine (C=N–C) groups is 1. The molecule has 16 heavy (non-hydrogen) atoms. The lowest BCUT2D eigenvalue weighted by Gasteiger charge is -2.09. The minimum atomic E-state index is 0.567. The molecular formula is C11H16ClN3O. The lowest BCUT2D eigenvalue weighted by molar-refractivity contribution is 0.208. The number of nitrogens with one attached hydrogen (secondary N) is 1. The van der Waals surface area contributed by atoms with Gasteiger partial charge in [-0.2, -0.15) is 0 Å². The van der Waals surface area contributed by atoms with E-state index < -0.39 is 0 Å². The molecular weight excluding hydrogens is 226 g/mol. The summed E-state index contributed by atoms with van der Waals surface area (Å²) in [6.07, 6.45) is 0. The quantitative estimate of drug-likeness (QED) is 0.276. The monoisotopic (exact) mass is 241 g/mol. The fourth-order valence-electron chi connectivity index (χ4n) is 1.35. The minimum Gasteiger partial charge on any atom is -0.383 e. The summed E-state index contributed by atoms with van der Waals surface area (Å²) in [7, 11) is 1.64. The fourth-order valence-corrected chi connectivity index (χ4v) is 1.58. The molecule has 0 aliphatic heterocycles. The van der Waals surface area contributed by atoms with E-state index >= 15 is 0 Å². The number of hydrogen-bond donors (Lipinski definition) is 2. The lowest BCUT2D eigenvalue weighted by Crippen LogP contribution is -2.32. The Morgan fingerprint density at radius 1 is 1.56 bits per heavy atom. The molecule has 0 bridgehead atoms. The number of nitrogens with two attached hydrogens (primary N) is 1. The van der Waals surface area contributed by atoms with Gasteiger partial charge in [0.25, 0.3) is 0 Å². The predicted octanol–water partition coefficient (Wildman–Crippen LogP) is 1.50. The first kappa shape index (κ1) is 13.0. The van der Waals surface area contributed by atoms with E-state index in [9.17, 15) is 0 Å². The van der Waals surface area contributed by atoms with Gasteiger partial charge in [-0.1, -0.05) is 11.6 Å². The summed E-state index contributed by atoms with van der Waals surface area (Å²) in [6.45, 7) is 3.10. The van der Waals surface area contributed by atoms with Crippen LogP contribution >= 0.6 is 11.6 Å². The maximum Gasteiger partial charge on any atom is 0.142 e. The number of aryl methyl sites for hydroxylation is 1. The molecule has 1 rings (SSSR count). The molecule has 0 saturated heterocycles. The van der Waals surface area contributed by atoms with Crippen LogP contribution in [0.1, 0.15) is 11.1 Å². The number of benzene rings is 1. The van der Waals surface area contributed by atoms with Gasteiger partial charge in [-0.25, -0.2) is 5.84 Å². The molecule has 1 aromatic carbocycles. The van der Waals surface area contributed by atoms with Crippen molar-refractivity contribution in [3.8, 4) is 0 Å². The highest BCUT2D eigenvalue weighted by atomic mass is 35.5. The second-order valence-electron chi connectivity index (χ2n) is 3.33. The molecule has 0 amide bonds. The van der Waals surface area contributed by atoms with E-state index in [1.165, 1.54) is 0 Å². The van der Waals surface area contributed by atoms with E-state index in [0.29, 0.717) is 24.0 Å². The molecule has 1 aromatic rings. The van der Waals surface area contributed by atoms with Gasteiger partial charge in [0.1, 0.15) is 5.84 Å². The van der Waals surface area contributed by atoms with Crippen molar-refractivity contribution >= 4 is 17.4 Å². The SMILES string of the molecule is COCCN=C(NN)c1ccc(Cl)cc1C. The zero-order valence-electron chi connectivity index (χ0n) is 9.46. The smallest absolute Gasteiger partial charge is 0.142 e. The van der Waals surface area contributed by atoms with E-state index in [-0.39, 0.29) is 0 Å². The van der Waals surface area contributed by atoms with Crippen LogP contribution < -0.4 is 11.3 Å². The van der Waals surface area contributed by atoms with Gasteiger partial charge in [0.05, 0.1) is 13.2 Å². The van der Waals surface area contributed by atoms with Gasteiger partial charge in [0, 0.05) is 17.7 Å². The van der Waals surface area contributed by atoms with Gasteiger partial charge in [-0.3, -0.25) is 4.99 Å². The Balaban J connectivity index is 2.90. The first-order chi connectivity index (χ1) is 7.69. The van der Waals surface area contributed by atoms with Gasteiger partial charge in [0.2, 0.25) is 0 Å². The second-order valence-corrected chi connectivity index (χ2v) is 3.76. The Morgan fingerprint density at radius 2 is 2.31 bits per heavy atom. The number of ether oxygens (including phenoxy) is 1. The Hall–Kier alpha value is -1.10. The maximum atomic E-state index is 5.88. The maximum absolute atomic E-state index is 5.88. The highest BCUT2D eigenvalue weighted by Crippen LogP contribution is 2.15. The van der Waals surface area contributed by atoms with Crippen LogP contribution in [0.4, 0.5) is 0 Å². The Kier molecular flexibility index (Phi) is 5.25. The van der Waals surface area contributed by atoms with Crippen molar-refractivity contribution in [3.63, 3.8) is 0 Å². The topological polar surface area (TPSA) is 59.6 Å². The molecule has 0 unspecified atom stereocenters. The number of nitrogens with zero attached hydrogens (tertiary/aromatic N) is 1. The highest BCUT2D eigenvalue weighted by molar-refractivity contribution is 6.30. The normalized spacial score (nSPS) is 11.6. The number of amidine groups is 1. The van der Waals surface area contributed by atoms with Crippen LogP contribution in [0.25, 0.3) is 0 Å². The van der Waals surface area contributed by atoms with Crippen molar-refractivity contribution < 1.29 is 4.74 Å². The zero-order valence-corrected chi connectivity index (χ0v) is 10.2. The van der Waals surface area contributed by atoms with E-state index in [1.807, 2.05) is 25.1 Å². The van der Waals surface area contributed by atoms with E-state index in [1.54, 1.807) is 7.11 Å². The third kappa shape index (κ3) is 3.48. The van der Waals surface area contributed by atoms with Gasteiger partial charge < -0.3 is 10.2 Å². The van der Waals surface area contributed by atoms with Crippen molar-refractivity contribution in [1.82, 2.24) is 5.43 Å². The molecule has 0 aromatic heterocycles. The standard InChI is InChI=1S/C11H16ClN3O/c1-8-7-9(12)3-4-10(8)11(15-13)14-5-6-16-2/h3-4,7H,5-6,13H2,1-2H3,(H,14,15). The summed E-state index contributed by atoms with van der Waals surface area (Å²) >= 11 is 5.88. The van der Waals surface area contributed by atoms with Gasteiger partial charge in [0.15, 0.2) is 0 Å². The minimum absolute atomic E-state index is 0.567. The van der Waals surface area contributed by atoms with Crippen molar-refractivity contribution in [3.05, 3.63) is 34.3 Å². The Bertz CT molecular complexity index is 379. The van der Waals surface area contributed by atoms with Crippen LogP contribution in [0.2, 0.25) is 5.02 Å². The van der Waals surface area contributed by atoms with Crippen molar-refractivity contribution in [2.75, 3.05) is 20.3 Å². The summed E-state index contributed by atoms with van der Waals surface area (Å²) in [5.41, 5.74) is 4.57. The van der Waals surface area contributed by atoms with Gasteiger partial charge >= 0.3 is 0 Å². The molecule has 0 heterocycles. The number of halogens is 1. The van der Waals surface area contributed by atoms with Crippen LogP contribution in [0.15, 0.2) is 23.2 Å². The molecule has 5 heteroatoms. The van der Waals surface area contributed by atoms with Crippen LogP contribution in [0, 0.1) is 6.92 Å². The van der Waals surface area contributed by atoms with Crippen LogP contribution in [-0.2, 0) is 4.74 Å². The van der Waals surface area contributed by atoms with E-state index in [2.05, 4.69) is 10.4 Å². The molecule has 0 radical (unpaired) electrons. The Labute approximate surface area is 100 Å². The molecule has 88 valence electrons. The third-order valence-electron chi connectivity index (χ3n) is 2.15. The largest absolute Gasteiger partial charge is 0.383 e. The first-order valence-corrected chi connectivity index (χ1v) is 5.33. The van der Waals surface area contributed by atoms with Crippen LogP contribution in [0.5, 0.6) is 0 Å². The predicted molar refractivity (Wildman–Crippen MR) is 66.8 cm³/mol. The average Bonchev–Trinajstić information content (AvgIpc) is 2.26. The van der Waals surface area contributed by atoms with Crippen molar-refractivity contribution in [2.24, 2.45) is 10.8 Å². The number of hydrazine groups is 1. The average molecular weight is 242 g/mol. The molecule has 0 aliphatic carbocycles. The van der Waals surface area contributed by atoms with Crippen molar-refractivity contribution in [2.45, 2.75) is 6.92 Å². The summed E-state index contributed by atoms with van der Waals surface area (Å²) in [5.74, 6) is 6.08. The third-order valence-corrected chi connectivity index (χ3v) is 2.38. The summed E-state index contributed by atoms with van der Waals surface area (Å²) in [5, 5.41) is 0.703. The molecule has 0 aliphatic rings. The number of methoxy groups -OCH3 is 1. The Morgan fingerprint density at radius 3 is 2.88 bits per heavy atom. The molecule has 0 fully saturated rings. The van der Waals surface area contributed by atoms with Gasteiger partial charge in [-0.15, -0.1) is 0 Å². The number of rotatable bonds is 4. The number of hydrogen-bond acceptors (Lipinski definition) is 3. The zero-order chi connectivity index (χ0) is 12.0. The van der Waals surface area contributed by atoms with Crippen LogP contribution in [0.3, 0.4) is 0 Å². The van der Waals surface area contributed by atoms with Gasteiger partial charge in [-0.05, 0) is 30.7 Å². The van der Waals surface area contributed by atoms with E-state index in [4.69, 9.17) is 22.2 Å². The molecule has 4 nitrogen and oxygen atoms in total. The van der Waals surface area contributed by atoms with Crippen molar-refractivity contribution in [1.29, 1.82) is 0 Å². The summed E-state index contributed by atoms with van der Waals surface area (Å²) < 4.78 is 4.93. The lowest BCUT2D eigenvalue weighted by atomic mass is 10.1. The molecule has 0 atom stereocenters. The first-order valence-electron chi connectivity index (χ1n) is 4.95. The summed E-state index contributed by atoms with van der Waals surface area (Å²) in [6, 6.07) is 5.58. The summed E-state index contributed by atoms with van der Waals surface area (Å²) in [4.78, 5) is 4.31. The fraction of sp³-hybridized carbons (Fsp3) is 0.364. The molecule has 3 N–H and O–H groups in total.